The first-order chi connectivity index (χ1) is 16.3. The highest BCUT2D eigenvalue weighted by Crippen LogP contribution is 2.37. The van der Waals surface area contributed by atoms with Gasteiger partial charge in [0.2, 0.25) is 5.69 Å². The summed E-state index contributed by atoms with van der Waals surface area (Å²) in [6, 6.07) is 25.6. The van der Waals surface area contributed by atoms with E-state index in [4.69, 9.17) is 1.37 Å². The van der Waals surface area contributed by atoms with E-state index >= 15 is 0 Å². The predicted molar refractivity (Wildman–Crippen MR) is 144 cm³/mol. The second kappa shape index (κ2) is 8.57. The highest BCUT2D eigenvalue weighted by molar-refractivity contribution is 7.00. The Labute approximate surface area is 201 Å². The summed E-state index contributed by atoms with van der Waals surface area (Å²) in [5.74, 6) is 0.691. The van der Waals surface area contributed by atoms with Crippen LogP contribution in [0.4, 0.5) is 0 Å². The van der Waals surface area contributed by atoms with Gasteiger partial charge in [-0.15, -0.1) is 0 Å². The lowest BCUT2D eigenvalue weighted by Crippen LogP contribution is -2.52. The third kappa shape index (κ3) is 3.95. The molecular weight excluding hydrogens is 414 g/mol. The number of aromatic nitrogens is 1. The summed E-state index contributed by atoms with van der Waals surface area (Å²) in [6.07, 6.45) is 5.31. The Morgan fingerprint density at radius 1 is 0.879 bits per heavy atom. The fourth-order valence-corrected chi connectivity index (χ4v) is 7.99. The van der Waals surface area contributed by atoms with Crippen LogP contribution in [0.5, 0.6) is 0 Å². The third-order valence-corrected chi connectivity index (χ3v) is 11.5. The molecule has 1 aliphatic rings. The van der Waals surface area contributed by atoms with Crippen molar-refractivity contribution in [1.29, 1.82) is 0 Å². The van der Waals surface area contributed by atoms with Gasteiger partial charge in [-0.25, -0.2) is 0 Å². The molecule has 4 aromatic rings. The Hall–Kier alpha value is -2.71. The standard InChI is InChI=1S/C31H36NSi/c1-22-15-16-25(24-11-9-10-12-24)21-30(22)31-29-18-17-28(20-26(29)19-23(2)32(31)3)33(4,5)27-13-7-6-8-14-27/h6-8,13-21,24H,9-12H2,1-5H3/q+1/i19D. The first-order valence-electron chi connectivity index (χ1n) is 12.9. The summed E-state index contributed by atoms with van der Waals surface area (Å²) in [5, 5.41) is 5.08. The Morgan fingerprint density at radius 3 is 2.33 bits per heavy atom. The van der Waals surface area contributed by atoms with Crippen molar-refractivity contribution in [2.75, 3.05) is 0 Å². The normalized spacial score (nSPS) is 15.2. The van der Waals surface area contributed by atoms with Gasteiger partial charge in [-0.05, 0) is 54.3 Å². The van der Waals surface area contributed by atoms with Crippen LogP contribution in [0.1, 0.15) is 49.8 Å². The van der Waals surface area contributed by atoms with E-state index in [-0.39, 0.29) is 0 Å². The van der Waals surface area contributed by atoms with Crippen LogP contribution < -0.4 is 14.9 Å². The molecule has 3 aromatic carbocycles. The zero-order valence-electron chi connectivity index (χ0n) is 21.7. The van der Waals surface area contributed by atoms with Crippen molar-refractivity contribution in [3.63, 3.8) is 0 Å². The minimum Gasteiger partial charge on any atom is -0.198 e. The molecule has 2 heteroatoms. The summed E-state index contributed by atoms with van der Waals surface area (Å²) >= 11 is 0. The first kappa shape index (κ1) is 20.9. The first-order valence-corrected chi connectivity index (χ1v) is 15.4. The van der Waals surface area contributed by atoms with Crippen molar-refractivity contribution in [1.82, 2.24) is 0 Å². The number of hydrogen-bond acceptors (Lipinski definition) is 0. The minimum absolute atomic E-state index is 0.644. The summed E-state index contributed by atoms with van der Waals surface area (Å²) in [6.45, 7) is 9.15. The van der Waals surface area contributed by atoms with E-state index in [1.165, 1.54) is 63.8 Å². The van der Waals surface area contributed by atoms with E-state index < -0.39 is 8.07 Å². The molecule has 5 rings (SSSR count). The lowest BCUT2D eigenvalue weighted by atomic mass is 9.91. The Bertz CT molecular complexity index is 1370. The number of benzene rings is 3. The van der Waals surface area contributed by atoms with Crippen molar-refractivity contribution >= 4 is 29.2 Å². The van der Waals surface area contributed by atoms with E-state index in [0.29, 0.717) is 12.0 Å². The van der Waals surface area contributed by atoms with Gasteiger partial charge >= 0.3 is 0 Å². The maximum Gasteiger partial charge on any atom is 0.220 e. The van der Waals surface area contributed by atoms with Crippen LogP contribution in [-0.2, 0) is 7.05 Å². The Balaban J connectivity index is 1.72. The second-order valence-corrected chi connectivity index (χ2v) is 14.8. The zero-order chi connectivity index (χ0) is 24.0. The molecule has 1 nitrogen and oxygen atoms in total. The number of pyridine rings is 1. The quantitative estimate of drug-likeness (QED) is 0.249. The van der Waals surface area contributed by atoms with Crippen molar-refractivity contribution in [3.8, 4) is 11.3 Å². The fourth-order valence-electron chi connectivity index (χ4n) is 5.63. The topological polar surface area (TPSA) is 3.88 Å². The van der Waals surface area contributed by atoms with Crippen LogP contribution in [-0.4, -0.2) is 8.07 Å². The molecule has 33 heavy (non-hydrogen) atoms. The van der Waals surface area contributed by atoms with Crippen molar-refractivity contribution < 1.29 is 5.94 Å². The smallest absolute Gasteiger partial charge is 0.198 e. The number of rotatable bonds is 4. The average Bonchev–Trinajstić information content (AvgIpc) is 3.39. The molecule has 0 spiro atoms. The van der Waals surface area contributed by atoms with Gasteiger partial charge in [0, 0.05) is 18.5 Å². The summed E-state index contributed by atoms with van der Waals surface area (Å²) in [7, 11) is 0.274. The summed E-state index contributed by atoms with van der Waals surface area (Å²) in [4.78, 5) is 0. The predicted octanol–water partition coefficient (Wildman–Crippen LogP) is 6.43. The van der Waals surface area contributed by atoms with Crippen molar-refractivity contribution in [2.45, 2.75) is 58.5 Å². The minimum atomic E-state index is -1.85. The summed E-state index contributed by atoms with van der Waals surface area (Å²) in [5.41, 5.74) is 6.36. The monoisotopic (exact) mass is 451 g/mol. The highest BCUT2D eigenvalue weighted by Gasteiger charge is 2.28. The van der Waals surface area contributed by atoms with Crippen LogP contribution >= 0.6 is 0 Å². The second-order valence-electron chi connectivity index (χ2n) is 10.4. The maximum atomic E-state index is 9.02. The molecule has 1 heterocycles. The lowest BCUT2D eigenvalue weighted by Gasteiger charge is -2.24. The van der Waals surface area contributed by atoms with Gasteiger partial charge in [0.05, 0.1) is 6.76 Å². The van der Waals surface area contributed by atoms with E-state index in [2.05, 4.69) is 105 Å². The van der Waals surface area contributed by atoms with E-state index in [1.807, 2.05) is 0 Å². The van der Waals surface area contributed by atoms with Crippen molar-refractivity contribution in [3.05, 3.63) is 89.6 Å². The average molecular weight is 452 g/mol. The molecule has 0 N–H and O–H groups in total. The zero-order valence-corrected chi connectivity index (χ0v) is 21.7. The Morgan fingerprint density at radius 2 is 1.61 bits per heavy atom. The van der Waals surface area contributed by atoms with Gasteiger partial charge in [0.15, 0.2) is 5.69 Å². The van der Waals surface area contributed by atoms with E-state index in [1.54, 1.807) is 0 Å². The van der Waals surface area contributed by atoms with Crippen LogP contribution in [0.15, 0.2) is 72.8 Å². The molecule has 168 valence electrons. The SMILES string of the molecule is [2H]c1c(C)[n+](C)c(-c2cc(C3CCCC3)ccc2C)c2ccc([Si](C)(C)c3ccccc3)cc12. The van der Waals surface area contributed by atoms with Crippen LogP contribution in [0, 0.1) is 13.8 Å². The molecule has 0 bridgehead atoms. The molecule has 1 aromatic heterocycles. The van der Waals surface area contributed by atoms with Crippen molar-refractivity contribution in [2.24, 2.45) is 7.05 Å². The molecule has 0 radical (unpaired) electrons. The van der Waals surface area contributed by atoms with Gasteiger partial charge in [0.25, 0.3) is 0 Å². The maximum absolute atomic E-state index is 9.02. The van der Waals surface area contributed by atoms with Gasteiger partial charge in [0.1, 0.15) is 15.1 Å². The van der Waals surface area contributed by atoms with E-state index in [0.717, 1.165) is 11.1 Å². The van der Waals surface area contributed by atoms with E-state index in [9.17, 15) is 0 Å². The molecule has 0 saturated heterocycles. The lowest BCUT2D eigenvalue weighted by molar-refractivity contribution is -0.665. The fraction of sp³-hybridized carbons (Fsp3) is 0.323. The highest BCUT2D eigenvalue weighted by atomic mass is 28.3. The van der Waals surface area contributed by atoms with Gasteiger partial charge in [-0.2, -0.15) is 4.57 Å². The number of nitrogens with zero attached hydrogens (tertiary/aromatic N) is 1. The largest absolute Gasteiger partial charge is 0.220 e. The number of aryl methyl sites for hydroxylation is 1. The molecule has 0 amide bonds. The molecule has 1 fully saturated rings. The van der Waals surface area contributed by atoms with Gasteiger partial charge < -0.3 is 0 Å². The summed E-state index contributed by atoms with van der Waals surface area (Å²) < 4.78 is 11.3. The molecule has 0 unspecified atom stereocenters. The molecule has 0 aliphatic heterocycles. The van der Waals surface area contributed by atoms with Crippen LogP contribution in [0.2, 0.25) is 13.1 Å². The number of fused-ring (bicyclic) bond motifs is 1. The Kier molecular flexibility index (Phi) is 5.42. The van der Waals surface area contributed by atoms with Gasteiger partial charge in [-0.1, -0.05) is 90.9 Å². The number of hydrogen-bond donors (Lipinski definition) is 0. The van der Waals surface area contributed by atoms with Gasteiger partial charge in [-0.3, -0.25) is 0 Å². The van der Waals surface area contributed by atoms with Crippen LogP contribution in [0.3, 0.4) is 0 Å². The van der Waals surface area contributed by atoms with Crippen LogP contribution in [0.25, 0.3) is 22.0 Å². The molecule has 1 aliphatic carbocycles. The third-order valence-electron chi connectivity index (χ3n) is 7.99. The molecule has 0 atom stereocenters. The molecule has 1 saturated carbocycles. The molecular formula is C31H36NSi+.